The molecule has 0 heterocycles. The van der Waals surface area contributed by atoms with E-state index in [1.807, 2.05) is 0 Å². The van der Waals surface area contributed by atoms with Gasteiger partial charge in [0.05, 0.1) is 26.4 Å². The van der Waals surface area contributed by atoms with Crippen molar-refractivity contribution < 1.29 is 19.4 Å². The van der Waals surface area contributed by atoms with E-state index in [0.717, 1.165) is 25.7 Å². The average molecular weight is 324 g/mol. The summed E-state index contributed by atoms with van der Waals surface area (Å²) in [6, 6.07) is 0. The van der Waals surface area contributed by atoms with E-state index in [1.54, 1.807) is 0 Å². The minimum Gasteiger partial charge on any atom is -0.465 e. The number of hydrogen-bond acceptors (Lipinski definition) is 4. The average Bonchev–Trinajstić information content (AvgIpc) is 3.14. The monoisotopic (exact) mass is 324 g/mol. The van der Waals surface area contributed by atoms with Crippen LogP contribution in [-0.4, -0.2) is 62.2 Å². The summed E-state index contributed by atoms with van der Waals surface area (Å²) in [5, 5.41) is 9.37. The van der Waals surface area contributed by atoms with E-state index in [1.165, 1.54) is 4.90 Å². The SMILES string of the molecule is NCCOCCOCCN(CC1[C@H]2CCC#CCC[C@H]12)C(=O)O. The molecule has 0 aromatic rings. The van der Waals surface area contributed by atoms with Gasteiger partial charge in [0.25, 0.3) is 0 Å². The van der Waals surface area contributed by atoms with Gasteiger partial charge in [-0.3, -0.25) is 0 Å². The van der Waals surface area contributed by atoms with Crippen molar-refractivity contribution in [2.45, 2.75) is 25.7 Å². The first-order chi connectivity index (χ1) is 11.2. The molecule has 3 N–H and O–H groups in total. The second-order valence-electron chi connectivity index (χ2n) is 6.16. The first-order valence-corrected chi connectivity index (χ1v) is 8.53. The number of rotatable bonds is 10. The van der Waals surface area contributed by atoms with Gasteiger partial charge in [-0.15, -0.1) is 11.8 Å². The number of amides is 1. The van der Waals surface area contributed by atoms with Gasteiger partial charge in [-0.25, -0.2) is 4.79 Å². The molecule has 6 heteroatoms. The molecule has 6 nitrogen and oxygen atoms in total. The highest BCUT2D eigenvalue weighted by Gasteiger charge is 2.49. The van der Waals surface area contributed by atoms with Crippen molar-refractivity contribution in [1.82, 2.24) is 4.90 Å². The lowest BCUT2D eigenvalue weighted by molar-refractivity contribution is 0.0405. The first-order valence-electron chi connectivity index (χ1n) is 8.53. The highest BCUT2D eigenvalue weighted by atomic mass is 16.5. The number of ether oxygens (including phenoxy) is 2. The third kappa shape index (κ3) is 6.02. The van der Waals surface area contributed by atoms with Crippen LogP contribution < -0.4 is 5.73 Å². The van der Waals surface area contributed by atoms with Crippen LogP contribution in [0.2, 0.25) is 0 Å². The van der Waals surface area contributed by atoms with Crippen molar-refractivity contribution in [2.75, 3.05) is 46.1 Å². The predicted octanol–water partition coefficient (Wildman–Crippen LogP) is 1.40. The number of nitrogens with zero attached hydrogens (tertiary/aromatic N) is 1. The zero-order valence-corrected chi connectivity index (χ0v) is 13.7. The van der Waals surface area contributed by atoms with Gasteiger partial charge in [-0.1, -0.05) is 0 Å². The smallest absolute Gasteiger partial charge is 0.407 e. The summed E-state index contributed by atoms with van der Waals surface area (Å²) < 4.78 is 10.6. The molecule has 2 rings (SSSR count). The van der Waals surface area contributed by atoms with Gasteiger partial charge in [0, 0.05) is 32.5 Å². The second kappa shape index (κ2) is 9.76. The topological polar surface area (TPSA) is 85.0 Å². The molecule has 0 aromatic carbocycles. The standard InChI is InChI=1S/C17H28N2O4/c18-7-9-22-11-12-23-10-8-19(17(20)21)13-16-14-5-3-1-2-4-6-15(14)16/h14-16H,3-13,18H2,(H,20,21)/t14-,15-/m0/s1. The van der Waals surface area contributed by atoms with Crippen LogP contribution in [0.15, 0.2) is 0 Å². The van der Waals surface area contributed by atoms with Gasteiger partial charge in [0.1, 0.15) is 0 Å². The molecule has 130 valence electrons. The minimum absolute atomic E-state index is 0.406. The van der Waals surface area contributed by atoms with E-state index in [0.29, 0.717) is 63.8 Å². The summed E-state index contributed by atoms with van der Waals surface area (Å²) in [4.78, 5) is 12.9. The summed E-state index contributed by atoms with van der Waals surface area (Å²) in [5.74, 6) is 8.20. The maximum absolute atomic E-state index is 11.4. The maximum Gasteiger partial charge on any atom is 0.407 e. The van der Waals surface area contributed by atoms with Crippen LogP contribution in [0, 0.1) is 29.6 Å². The molecule has 0 saturated heterocycles. The Bertz CT molecular complexity index is 414. The van der Waals surface area contributed by atoms with E-state index in [2.05, 4.69) is 11.8 Å². The van der Waals surface area contributed by atoms with Gasteiger partial charge in [0.2, 0.25) is 0 Å². The molecule has 2 atom stereocenters. The van der Waals surface area contributed by atoms with Crippen LogP contribution >= 0.6 is 0 Å². The Morgan fingerprint density at radius 3 is 2.26 bits per heavy atom. The van der Waals surface area contributed by atoms with E-state index in [4.69, 9.17) is 15.2 Å². The quantitative estimate of drug-likeness (QED) is 0.469. The van der Waals surface area contributed by atoms with Crippen molar-refractivity contribution in [2.24, 2.45) is 23.5 Å². The van der Waals surface area contributed by atoms with Gasteiger partial charge in [0.15, 0.2) is 0 Å². The zero-order chi connectivity index (χ0) is 16.5. The Morgan fingerprint density at radius 2 is 1.70 bits per heavy atom. The number of fused-ring (bicyclic) bond motifs is 1. The second-order valence-corrected chi connectivity index (χ2v) is 6.16. The molecule has 0 aliphatic heterocycles. The largest absolute Gasteiger partial charge is 0.465 e. The molecule has 1 saturated carbocycles. The fourth-order valence-corrected chi connectivity index (χ4v) is 3.41. The number of hydrogen-bond donors (Lipinski definition) is 2. The molecule has 0 radical (unpaired) electrons. The molecule has 2 aliphatic carbocycles. The van der Waals surface area contributed by atoms with Crippen LogP contribution in [0.1, 0.15) is 25.7 Å². The lowest BCUT2D eigenvalue weighted by atomic mass is 10.1. The molecule has 0 unspecified atom stereocenters. The molecule has 23 heavy (non-hydrogen) atoms. The molecule has 0 spiro atoms. The summed E-state index contributed by atoms with van der Waals surface area (Å²) in [6.07, 6.45) is 3.28. The lowest BCUT2D eigenvalue weighted by Crippen LogP contribution is -2.35. The molecular formula is C17H28N2O4. The van der Waals surface area contributed by atoms with Crippen molar-refractivity contribution in [3.63, 3.8) is 0 Å². The molecule has 1 amide bonds. The normalized spacial score (nSPS) is 25.5. The zero-order valence-electron chi connectivity index (χ0n) is 13.7. The first kappa shape index (κ1) is 18.1. The summed E-state index contributed by atoms with van der Waals surface area (Å²) >= 11 is 0. The molecule has 2 aliphatic rings. The number of nitrogens with two attached hydrogens (primary N) is 1. The van der Waals surface area contributed by atoms with Crippen molar-refractivity contribution >= 4 is 6.09 Å². The van der Waals surface area contributed by atoms with Gasteiger partial charge in [-0.2, -0.15) is 0 Å². The summed E-state index contributed by atoms with van der Waals surface area (Å²) in [7, 11) is 0. The highest BCUT2D eigenvalue weighted by Crippen LogP contribution is 2.52. The summed E-state index contributed by atoms with van der Waals surface area (Å²) in [5.41, 5.74) is 5.32. The van der Waals surface area contributed by atoms with E-state index in [-0.39, 0.29) is 0 Å². The minimum atomic E-state index is -0.858. The Kier molecular flexibility index (Phi) is 7.66. The van der Waals surface area contributed by atoms with Gasteiger partial charge in [-0.05, 0) is 30.6 Å². The third-order valence-electron chi connectivity index (χ3n) is 4.68. The van der Waals surface area contributed by atoms with Crippen molar-refractivity contribution in [3.8, 4) is 11.8 Å². The van der Waals surface area contributed by atoms with Crippen molar-refractivity contribution in [1.29, 1.82) is 0 Å². The van der Waals surface area contributed by atoms with Gasteiger partial charge >= 0.3 is 6.09 Å². The Balaban J connectivity index is 1.64. The molecule has 0 bridgehead atoms. The number of carboxylic acid groups (broad SMARTS) is 1. The third-order valence-corrected chi connectivity index (χ3v) is 4.68. The van der Waals surface area contributed by atoms with Crippen LogP contribution in [-0.2, 0) is 9.47 Å². The fraction of sp³-hybridized carbons (Fsp3) is 0.824. The van der Waals surface area contributed by atoms with Crippen LogP contribution in [0.25, 0.3) is 0 Å². The Morgan fingerprint density at radius 1 is 1.09 bits per heavy atom. The van der Waals surface area contributed by atoms with Gasteiger partial charge < -0.3 is 25.2 Å². The number of carbonyl (C=O) groups is 1. The van der Waals surface area contributed by atoms with E-state index < -0.39 is 6.09 Å². The maximum atomic E-state index is 11.4. The fourth-order valence-electron chi connectivity index (χ4n) is 3.41. The Labute approximate surface area is 138 Å². The Hall–Kier alpha value is -1.29. The summed E-state index contributed by atoms with van der Waals surface area (Å²) in [6.45, 7) is 3.44. The molecule has 1 fully saturated rings. The van der Waals surface area contributed by atoms with Crippen molar-refractivity contribution in [3.05, 3.63) is 0 Å². The lowest BCUT2D eigenvalue weighted by Gasteiger charge is -2.19. The van der Waals surface area contributed by atoms with Crippen LogP contribution in [0.3, 0.4) is 0 Å². The van der Waals surface area contributed by atoms with Crippen LogP contribution in [0.4, 0.5) is 4.79 Å². The molecule has 0 aromatic heterocycles. The molecular weight excluding hydrogens is 296 g/mol. The highest BCUT2D eigenvalue weighted by molar-refractivity contribution is 5.65. The van der Waals surface area contributed by atoms with Crippen LogP contribution in [0.5, 0.6) is 0 Å². The van der Waals surface area contributed by atoms with E-state index in [9.17, 15) is 9.90 Å². The predicted molar refractivity (Wildman–Crippen MR) is 87.0 cm³/mol. The van der Waals surface area contributed by atoms with E-state index >= 15 is 0 Å².